The lowest BCUT2D eigenvalue weighted by molar-refractivity contribution is -0.119. The molecule has 1 aromatic carbocycles. The number of fused-ring (bicyclic) bond motifs is 1. The summed E-state index contributed by atoms with van der Waals surface area (Å²) in [6, 6.07) is 7.90. The number of carbonyl (C=O) groups is 1. The van der Waals surface area contributed by atoms with Gasteiger partial charge < -0.3 is 14.2 Å². The molecule has 0 atom stereocenters. The zero-order valence-corrected chi connectivity index (χ0v) is 16.5. The van der Waals surface area contributed by atoms with Crippen LogP contribution in [0.5, 0.6) is 0 Å². The van der Waals surface area contributed by atoms with Gasteiger partial charge in [-0.1, -0.05) is 23.5 Å². The van der Waals surface area contributed by atoms with Crippen molar-refractivity contribution in [1.29, 1.82) is 0 Å². The van der Waals surface area contributed by atoms with E-state index in [1.165, 1.54) is 17.6 Å². The second-order valence-corrected chi connectivity index (χ2v) is 7.09. The number of anilines is 1. The summed E-state index contributed by atoms with van der Waals surface area (Å²) in [6.45, 7) is 5.38. The number of carbonyl (C=O) groups excluding carboxylic acids is 1. The fraction of sp³-hybridized carbons (Fsp3) is 0.444. The molecule has 0 saturated carbocycles. The van der Waals surface area contributed by atoms with Crippen molar-refractivity contribution in [3.8, 4) is 0 Å². The molecule has 0 unspecified atom stereocenters. The summed E-state index contributed by atoms with van der Waals surface area (Å²) in [4.78, 5) is 21.7. The van der Waals surface area contributed by atoms with E-state index in [9.17, 15) is 4.79 Å². The van der Waals surface area contributed by atoms with E-state index in [1.807, 2.05) is 24.3 Å². The van der Waals surface area contributed by atoms with Crippen LogP contribution in [0.2, 0.25) is 0 Å². The highest BCUT2D eigenvalue weighted by molar-refractivity contribution is 7.22. The second-order valence-electron chi connectivity index (χ2n) is 6.08. The van der Waals surface area contributed by atoms with Crippen LogP contribution >= 0.6 is 23.7 Å². The summed E-state index contributed by atoms with van der Waals surface area (Å²) in [5.74, 6) is 0.0227. The van der Waals surface area contributed by atoms with Gasteiger partial charge in [0, 0.05) is 26.2 Å². The molecule has 0 spiro atoms. The fourth-order valence-corrected chi connectivity index (χ4v) is 3.93. The average molecular weight is 412 g/mol. The first-order valence-corrected chi connectivity index (χ1v) is 9.55. The van der Waals surface area contributed by atoms with Crippen molar-refractivity contribution in [2.45, 2.75) is 0 Å². The second kappa shape index (κ2) is 9.36. The molecule has 0 N–H and O–H groups in total. The van der Waals surface area contributed by atoms with Gasteiger partial charge in [0.25, 0.3) is 5.91 Å². The molecule has 146 valence electrons. The number of ether oxygens (including phenoxy) is 3. The Balaban J connectivity index is 0.00000210. The molecular weight excluding hydrogens is 390 g/mol. The SMILES string of the molecule is Cl.O=C(C1=COCCO1)N(CCN1CCOCC1)c1nc2ccccc2s1. The molecule has 7 nitrogen and oxygen atoms in total. The third kappa shape index (κ3) is 4.70. The van der Waals surface area contributed by atoms with Gasteiger partial charge in [0.1, 0.15) is 19.5 Å². The Morgan fingerprint density at radius 3 is 2.74 bits per heavy atom. The normalized spacial score (nSPS) is 17.4. The molecule has 2 aliphatic heterocycles. The van der Waals surface area contributed by atoms with E-state index in [2.05, 4.69) is 9.88 Å². The lowest BCUT2D eigenvalue weighted by Gasteiger charge is -2.29. The molecule has 1 saturated heterocycles. The smallest absolute Gasteiger partial charge is 0.298 e. The molecule has 1 fully saturated rings. The van der Waals surface area contributed by atoms with Gasteiger partial charge in [-0.25, -0.2) is 4.98 Å². The van der Waals surface area contributed by atoms with Gasteiger partial charge in [-0.05, 0) is 12.1 Å². The molecule has 3 heterocycles. The van der Waals surface area contributed by atoms with Crippen molar-refractivity contribution in [2.75, 3.05) is 57.5 Å². The quantitative estimate of drug-likeness (QED) is 0.752. The van der Waals surface area contributed by atoms with Crippen LogP contribution in [0.15, 0.2) is 36.3 Å². The van der Waals surface area contributed by atoms with E-state index in [1.54, 1.807) is 4.90 Å². The number of aromatic nitrogens is 1. The Morgan fingerprint density at radius 2 is 2.00 bits per heavy atom. The standard InChI is InChI=1S/C18H21N3O4S.ClH/c22-17(15-13-24-11-12-25-15)21(6-5-20-7-9-23-10-8-20)18-19-14-3-1-2-4-16(14)26-18;/h1-4,13H,5-12H2;1H. The van der Waals surface area contributed by atoms with Crippen molar-refractivity contribution < 1.29 is 19.0 Å². The average Bonchev–Trinajstić information content (AvgIpc) is 3.13. The number of hydrogen-bond donors (Lipinski definition) is 0. The Labute approximate surface area is 167 Å². The maximum atomic E-state index is 13.0. The third-order valence-corrected chi connectivity index (χ3v) is 5.42. The number of morpholine rings is 1. The predicted octanol–water partition coefficient (Wildman–Crippen LogP) is 2.27. The summed E-state index contributed by atoms with van der Waals surface area (Å²) in [5, 5.41) is 0.680. The van der Waals surface area contributed by atoms with Crippen molar-refractivity contribution in [2.24, 2.45) is 0 Å². The van der Waals surface area contributed by atoms with E-state index in [0.717, 1.165) is 43.1 Å². The largest absolute Gasteiger partial charge is 0.494 e. The van der Waals surface area contributed by atoms with Gasteiger partial charge in [-0.15, -0.1) is 12.4 Å². The van der Waals surface area contributed by atoms with Crippen molar-refractivity contribution >= 4 is 45.0 Å². The first-order valence-electron chi connectivity index (χ1n) is 8.73. The molecule has 1 aromatic heterocycles. The van der Waals surface area contributed by atoms with Crippen LogP contribution in [0.4, 0.5) is 5.13 Å². The Hall–Kier alpha value is -1.87. The van der Waals surface area contributed by atoms with Gasteiger partial charge in [0.2, 0.25) is 5.76 Å². The molecule has 1 amide bonds. The first-order chi connectivity index (χ1) is 12.8. The lowest BCUT2D eigenvalue weighted by Crippen LogP contribution is -2.44. The van der Waals surface area contributed by atoms with Crippen LogP contribution in [0.25, 0.3) is 10.2 Å². The van der Waals surface area contributed by atoms with E-state index >= 15 is 0 Å². The van der Waals surface area contributed by atoms with Gasteiger partial charge in [-0.3, -0.25) is 14.6 Å². The highest BCUT2D eigenvalue weighted by Crippen LogP contribution is 2.29. The number of benzene rings is 1. The van der Waals surface area contributed by atoms with E-state index < -0.39 is 0 Å². The van der Waals surface area contributed by atoms with Crippen molar-refractivity contribution in [1.82, 2.24) is 9.88 Å². The van der Waals surface area contributed by atoms with E-state index in [4.69, 9.17) is 14.2 Å². The first kappa shape index (κ1) is 19.9. The molecule has 2 aliphatic rings. The molecule has 0 radical (unpaired) electrons. The minimum atomic E-state index is -0.211. The van der Waals surface area contributed by atoms with Gasteiger partial charge in [0.15, 0.2) is 5.13 Å². The topological polar surface area (TPSA) is 64.1 Å². The highest BCUT2D eigenvalue weighted by Gasteiger charge is 2.26. The number of hydrogen-bond acceptors (Lipinski definition) is 7. The molecule has 27 heavy (non-hydrogen) atoms. The van der Waals surface area contributed by atoms with Crippen LogP contribution in [0.1, 0.15) is 0 Å². The number of amides is 1. The summed E-state index contributed by atoms with van der Waals surface area (Å²) >= 11 is 1.51. The van der Waals surface area contributed by atoms with Crippen LogP contribution in [-0.4, -0.2) is 68.4 Å². The molecular formula is C18H22ClN3O4S. The Bertz CT molecular complexity index is 774. The monoisotopic (exact) mass is 411 g/mol. The van der Waals surface area contributed by atoms with E-state index in [-0.39, 0.29) is 24.1 Å². The highest BCUT2D eigenvalue weighted by atomic mass is 35.5. The zero-order chi connectivity index (χ0) is 17.8. The minimum absolute atomic E-state index is 0. The van der Waals surface area contributed by atoms with Gasteiger partial charge in [0.05, 0.1) is 23.4 Å². The summed E-state index contributed by atoms with van der Waals surface area (Å²) < 4.78 is 17.2. The van der Waals surface area contributed by atoms with Crippen molar-refractivity contribution in [3.05, 3.63) is 36.3 Å². The lowest BCUT2D eigenvalue weighted by atomic mass is 10.3. The zero-order valence-electron chi connectivity index (χ0n) is 14.8. The Kier molecular flexibility index (Phi) is 6.89. The molecule has 4 rings (SSSR count). The molecule has 0 aliphatic carbocycles. The predicted molar refractivity (Wildman–Crippen MR) is 106 cm³/mol. The third-order valence-electron chi connectivity index (χ3n) is 4.36. The summed E-state index contributed by atoms with van der Waals surface area (Å²) in [6.07, 6.45) is 1.40. The summed E-state index contributed by atoms with van der Waals surface area (Å²) in [5.41, 5.74) is 0.895. The fourth-order valence-electron chi connectivity index (χ4n) is 2.94. The van der Waals surface area contributed by atoms with Crippen LogP contribution in [0, 0.1) is 0 Å². The molecule has 9 heteroatoms. The number of halogens is 1. The maximum absolute atomic E-state index is 13.0. The van der Waals surface area contributed by atoms with E-state index in [0.29, 0.717) is 24.9 Å². The minimum Gasteiger partial charge on any atom is -0.494 e. The van der Waals surface area contributed by atoms with Crippen LogP contribution < -0.4 is 4.90 Å². The molecule has 0 bridgehead atoms. The van der Waals surface area contributed by atoms with Crippen LogP contribution in [-0.2, 0) is 19.0 Å². The molecule has 2 aromatic rings. The number of thiazole rings is 1. The van der Waals surface area contributed by atoms with Crippen LogP contribution in [0.3, 0.4) is 0 Å². The number of para-hydroxylation sites is 1. The van der Waals surface area contributed by atoms with Crippen molar-refractivity contribution in [3.63, 3.8) is 0 Å². The van der Waals surface area contributed by atoms with Gasteiger partial charge in [-0.2, -0.15) is 0 Å². The maximum Gasteiger partial charge on any atom is 0.298 e. The van der Waals surface area contributed by atoms with Gasteiger partial charge >= 0.3 is 0 Å². The number of rotatable bonds is 5. The Morgan fingerprint density at radius 1 is 1.19 bits per heavy atom. The number of nitrogens with zero attached hydrogens (tertiary/aromatic N) is 3. The summed E-state index contributed by atoms with van der Waals surface area (Å²) in [7, 11) is 0.